The summed E-state index contributed by atoms with van der Waals surface area (Å²) in [5.41, 5.74) is -1.41. The molecule has 0 atom stereocenters. The Balaban J connectivity index is 1.88. The summed E-state index contributed by atoms with van der Waals surface area (Å²) in [4.78, 5) is 24.1. The zero-order valence-corrected chi connectivity index (χ0v) is 13.5. The summed E-state index contributed by atoms with van der Waals surface area (Å²) in [7, 11) is -3.91. The van der Waals surface area contributed by atoms with Gasteiger partial charge >= 0.3 is 5.69 Å². The Kier molecular flexibility index (Phi) is 5.65. The average Bonchev–Trinajstić information content (AvgIpc) is 2.52. The Morgan fingerprint density at radius 1 is 1.21 bits per heavy atom. The van der Waals surface area contributed by atoms with Gasteiger partial charge in [-0.1, -0.05) is 18.2 Å². The van der Waals surface area contributed by atoms with E-state index in [2.05, 4.69) is 0 Å². The minimum absolute atomic E-state index is 0.0592. The molecule has 10 heteroatoms. The number of nitrogens with zero attached hydrogens (tertiary/aromatic N) is 1. The molecule has 0 spiro atoms. The molecule has 0 amide bonds. The van der Waals surface area contributed by atoms with E-state index in [1.165, 1.54) is 6.07 Å². The highest BCUT2D eigenvalue weighted by molar-refractivity contribution is 7.86. The molecule has 0 fully saturated rings. The van der Waals surface area contributed by atoms with Crippen LogP contribution in [0.3, 0.4) is 0 Å². The third-order valence-corrected chi connectivity index (χ3v) is 4.50. The van der Waals surface area contributed by atoms with E-state index < -0.39 is 27.2 Å². The Hall–Kier alpha value is -2.30. The molecule has 0 bridgehead atoms. The molecule has 2 aromatic rings. The van der Waals surface area contributed by atoms with Gasteiger partial charge in [0.1, 0.15) is 6.73 Å². The molecule has 0 aliphatic heterocycles. The summed E-state index contributed by atoms with van der Waals surface area (Å²) < 4.78 is 47.7. The number of nitrogens with one attached hydrogen (secondary N) is 1. The van der Waals surface area contributed by atoms with E-state index in [4.69, 9.17) is 8.92 Å². The van der Waals surface area contributed by atoms with Gasteiger partial charge in [0.25, 0.3) is 15.7 Å². The van der Waals surface area contributed by atoms with Crippen molar-refractivity contribution in [2.24, 2.45) is 0 Å². The first-order chi connectivity index (χ1) is 11.3. The van der Waals surface area contributed by atoms with Crippen molar-refractivity contribution < 1.29 is 21.7 Å². The standard InChI is InChI=1S/C14H15FN2O6S/c1-10-4-2-3-5-12(10)24(20,21)23-7-6-22-9-17-8-11(15)13(18)16-14(17)19/h2-5,8H,6-7,9H2,1H3,(H,16,18,19). The zero-order chi connectivity index (χ0) is 17.7. The first kappa shape index (κ1) is 18.0. The second-order valence-electron chi connectivity index (χ2n) is 4.79. The number of benzene rings is 1. The van der Waals surface area contributed by atoms with Gasteiger partial charge < -0.3 is 4.74 Å². The molecule has 0 aliphatic carbocycles. The van der Waals surface area contributed by atoms with Crippen LogP contribution in [0.5, 0.6) is 0 Å². The van der Waals surface area contributed by atoms with Gasteiger partial charge in [0.05, 0.1) is 24.3 Å². The maximum atomic E-state index is 13.1. The van der Waals surface area contributed by atoms with Crippen molar-refractivity contribution in [3.8, 4) is 0 Å². The Labute approximate surface area is 136 Å². The van der Waals surface area contributed by atoms with Crippen molar-refractivity contribution in [3.63, 3.8) is 0 Å². The smallest absolute Gasteiger partial charge is 0.330 e. The number of aryl methyl sites for hydroxylation is 1. The van der Waals surface area contributed by atoms with Gasteiger partial charge in [0.2, 0.25) is 5.82 Å². The Morgan fingerprint density at radius 2 is 1.92 bits per heavy atom. The highest BCUT2D eigenvalue weighted by atomic mass is 32.2. The third kappa shape index (κ3) is 4.37. The van der Waals surface area contributed by atoms with Crippen molar-refractivity contribution >= 4 is 10.1 Å². The number of ether oxygens (including phenoxy) is 1. The molecule has 0 radical (unpaired) electrons. The van der Waals surface area contributed by atoms with Crippen molar-refractivity contribution in [2.75, 3.05) is 13.2 Å². The van der Waals surface area contributed by atoms with Crippen LogP contribution < -0.4 is 11.2 Å². The fourth-order valence-electron chi connectivity index (χ4n) is 1.84. The topological polar surface area (TPSA) is 107 Å². The summed E-state index contributed by atoms with van der Waals surface area (Å²) in [6.07, 6.45) is 0.700. The molecule has 1 aromatic carbocycles. The van der Waals surface area contributed by atoms with E-state index in [-0.39, 0.29) is 24.8 Å². The van der Waals surface area contributed by atoms with E-state index in [9.17, 15) is 22.4 Å². The molecule has 0 saturated heterocycles. The number of aromatic amines is 1. The second kappa shape index (κ2) is 7.51. The van der Waals surface area contributed by atoms with Gasteiger partial charge in [-0.05, 0) is 18.6 Å². The van der Waals surface area contributed by atoms with Crippen molar-refractivity contribution in [2.45, 2.75) is 18.6 Å². The monoisotopic (exact) mass is 358 g/mol. The predicted octanol–water partition coefficient (Wildman–Crippen LogP) is 0.364. The summed E-state index contributed by atoms with van der Waals surface area (Å²) in [6, 6.07) is 6.35. The lowest BCUT2D eigenvalue weighted by Gasteiger charge is -2.09. The molecule has 1 aromatic heterocycles. The number of rotatable bonds is 7. The number of halogens is 1. The van der Waals surface area contributed by atoms with Gasteiger partial charge in [-0.25, -0.2) is 4.79 Å². The average molecular weight is 358 g/mol. The third-order valence-electron chi connectivity index (χ3n) is 3.03. The highest BCUT2D eigenvalue weighted by Gasteiger charge is 2.17. The molecule has 1 heterocycles. The van der Waals surface area contributed by atoms with Crippen LogP contribution in [0.15, 0.2) is 44.9 Å². The molecule has 0 saturated carbocycles. The molecular formula is C14H15FN2O6S. The minimum atomic E-state index is -3.91. The van der Waals surface area contributed by atoms with E-state index in [0.717, 1.165) is 4.57 Å². The number of H-pyrrole nitrogens is 1. The SMILES string of the molecule is Cc1ccccc1S(=O)(=O)OCCOCn1cc(F)c(=O)[nH]c1=O. The zero-order valence-electron chi connectivity index (χ0n) is 12.7. The number of hydrogen-bond donors (Lipinski definition) is 1. The van der Waals surface area contributed by atoms with E-state index in [0.29, 0.717) is 11.8 Å². The summed E-state index contributed by atoms with van der Waals surface area (Å²) in [5.74, 6) is -1.13. The van der Waals surface area contributed by atoms with Crippen LogP contribution in [-0.4, -0.2) is 31.2 Å². The Morgan fingerprint density at radius 3 is 2.62 bits per heavy atom. The van der Waals surface area contributed by atoms with Crippen LogP contribution >= 0.6 is 0 Å². The van der Waals surface area contributed by atoms with Crippen LogP contribution in [0.25, 0.3) is 0 Å². The molecule has 2 rings (SSSR count). The fourth-order valence-corrected chi connectivity index (χ4v) is 2.97. The first-order valence-electron chi connectivity index (χ1n) is 6.83. The molecule has 0 aliphatic rings. The molecule has 24 heavy (non-hydrogen) atoms. The maximum absolute atomic E-state index is 13.1. The second-order valence-corrected chi connectivity index (χ2v) is 6.37. The Bertz CT molecular complexity index is 935. The highest BCUT2D eigenvalue weighted by Crippen LogP contribution is 2.16. The lowest BCUT2D eigenvalue weighted by molar-refractivity contribution is 0.0519. The summed E-state index contributed by atoms with van der Waals surface area (Å²) in [5, 5.41) is 0. The van der Waals surface area contributed by atoms with Crippen molar-refractivity contribution in [3.05, 3.63) is 62.7 Å². The van der Waals surface area contributed by atoms with Crippen LogP contribution in [0, 0.1) is 12.7 Å². The van der Waals surface area contributed by atoms with Crippen molar-refractivity contribution in [1.82, 2.24) is 9.55 Å². The van der Waals surface area contributed by atoms with Crippen molar-refractivity contribution in [1.29, 1.82) is 0 Å². The minimum Gasteiger partial charge on any atom is -0.358 e. The van der Waals surface area contributed by atoms with E-state index in [1.54, 1.807) is 30.1 Å². The molecule has 8 nitrogen and oxygen atoms in total. The van der Waals surface area contributed by atoms with Crippen LogP contribution in [-0.2, 0) is 25.8 Å². The predicted molar refractivity (Wildman–Crippen MR) is 81.5 cm³/mol. The lowest BCUT2D eigenvalue weighted by Crippen LogP contribution is -2.32. The molecule has 1 N–H and O–H groups in total. The van der Waals surface area contributed by atoms with Gasteiger partial charge in [-0.2, -0.15) is 12.8 Å². The number of aromatic nitrogens is 2. The van der Waals surface area contributed by atoms with Gasteiger partial charge in [-0.3, -0.25) is 18.5 Å². The molecule has 0 unspecified atom stereocenters. The van der Waals surface area contributed by atoms with Crippen LogP contribution in [0.1, 0.15) is 5.56 Å². The molecule has 130 valence electrons. The summed E-state index contributed by atoms with van der Waals surface area (Å²) in [6.45, 7) is 0.847. The van der Waals surface area contributed by atoms with Gasteiger partial charge in [0.15, 0.2) is 0 Å². The van der Waals surface area contributed by atoms with Gasteiger partial charge in [0, 0.05) is 0 Å². The fraction of sp³-hybridized carbons (Fsp3) is 0.286. The summed E-state index contributed by atoms with van der Waals surface area (Å²) >= 11 is 0. The normalized spacial score (nSPS) is 11.6. The lowest BCUT2D eigenvalue weighted by atomic mass is 10.2. The van der Waals surface area contributed by atoms with E-state index >= 15 is 0 Å². The van der Waals surface area contributed by atoms with E-state index in [1.807, 2.05) is 0 Å². The number of hydrogen-bond acceptors (Lipinski definition) is 6. The molecular weight excluding hydrogens is 343 g/mol. The van der Waals surface area contributed by atoms with Gasteiger partial charge in [-0.15, -0.1) is 0 Å². The first-order valence-corrected chi connectivity index (χ1v) is 8.24. The largest absolute Gasteiger partial charge is 0.358 e. The van der Waals surface area contributed by atoms with Crippen LogP contribution in [0.4, 0.5) is 4.39 Å². The maximum Gasteiger partial charge on any atom is 0.330 e. The van der Waals surface area contributed by atoms with Crippen LogP contribution in [0.2, 0.25) is 0 Å². The quantitative estimate of drug-likeness (QED) is 0.566.